The topological polar surface area (TPSA) is 171 Å². The van der Waals surface area contributed by atoms with Crippen molar-refractivity contribution in [1.29, 1.82) is 0 Å². The van der Waals surface area contributed by atoms with Gasteiger partial charge in [-0.15, -0.1) is 0 Å². The van der Waals surface area contributed by atoms with Crippen molar-refractivity contribution in [2.24, 2.45) is 0 Å². The molecule has 0 radical (unpaired) electrons. The maximum atomic E-state index is 14.6. The van der Waals surface area contributed by atoms with Gasteiger partial charge >= 0.3 is 13.5 Å². The molecule has 13 heteroatoms. The average Bonchev–Trinajstić information content (AvgIpc) is 2.62. The standard InChI is InChI=1S/C10H14FN2O9P/c1-4-2-13(9(17)12-7(4)16)8-5(14)6(15)10(11,22-8)3-21-23(18,19)20/h2,5-6,8,14-15H,3H2,1H3,(H,12,16,17)(H2,18,19,20)/t5-,6+,8-,10-/m1/s1/i8D. The summed E-state index contributed by atoms with van der Waals surface area (Å²) in [7, 11) is -5.13. The van der Waals surface area contributed by atoms with Crippen LogP contribution in [0.1, 0.15) is 13.1 Å². The van der Waals surface area contributed by atoms with Gasteiger partial charge in [-0.1, -0.05) is 0 Å². The summed E-state index contributed by atoms with van der Waals surface area (Å²) in [5, 5.41) is 19.7. The van der Waals surface area contributed by atoms with E-state index < -0.39 is 49.9 Å². The fraction of sp³-hybridized carbons (Fsp3) is 0.600. The lowest BCUT2D eigenvalue weighted by atomic mass is 10.1. The van der Waals surface area contributed by atoms with Crippen LogP contribution >= 0.6 is 7.82 Å². The monoisotopic (exact) mass is 357 g/mol. The van der Waals surface area contributed by atoms with Crippen LogP contribution in [0.15, 0.2) is 15.8 Å². The van der Waals surface area contributed by atoms with Crippen molar-refractivity contribution >= 4 is 7.82 Å². The number of aromatic nitrogens is 2. The van der Waals surface area contributed by atoms with Crippen molar-refractivity contribution in [3.05, 3.63) is 32.6 Å². The summed E-state index contributed by atoms with van der Waals surface area (Å²) in [6.07, 6.45) is -6.93. The van der Waals surface area contributed by atoms with Gasteiger partial charge in [-0.05, 0) is 6.92 Å². The molecule has 0 spiro atoms. The van der Waals surface area contributed by atoms with E-state index in [2.05, 4.69) is 9.26 Å². The van der Waals surface area contributed by atoms with E-state index in [1.165, 1.54) is 6.92 Å². The number of rotatable bonds is 4. The average molecular weight is 357 g/mol. The first-order valence-electron chi connectivity index (χ1n) is 6.58. The molecule has 4 atom stereocenters. The lowest BCUT2D eigenvalue weighted by molar-refractivity contribution is -0.205. The maximum Gasteiger partial charge on any atom is 0.469 e. The first kappa shape index (κ1) is 16.5. The summed E-state index contributed by atoms with van der Waals surface area (Å²) >= 11 is 0. The van der Waals surface area contributed by atoms with Crippen LogP contribution in [-0.2, 0) is 13.8 Å². The predicted molar refractivity (Wildman–Crippen MR) is 70.0 cm³/mol. The summed E-state index contributed by atoms with van der Waals surface area (Å²) in [6.45, 7) is -0.261. The Morgan fingerprint density at radius 1 is 1.57 bits per heavy atom. The van der Waals surface area contributed by atoms with Crippen LogP contribution in [0.3, 0.4) is 0 Å². The zero-order valence-electron chi connectivity index (χ0n) is 12.5. The highest BCUT2D eigenvalue weighted by molar-refractivity contribution is 7.46. The number of phosphoric acid groups is 1. The Kier molecular flexibility index (Phi) is 4.23. The molecule has 0 aromatic carbocycles. The lowest BCUT2D eigenvalue weighted by Crippen LogP contribution is -2.43. The number of aryl methyl sites for hydroxylation is 1. The molecule has 1 aliphatic heterocycles. The number of alkyl halides is 1. The normalized spacial score (nSPS) is 35.3. The second-order valence-electron chi connectivity index (χ2n) is 4.82. The smallest absolute Gasteiger partial charge is 0.385 e. The number of aliphatic hydroxyl groups excluding tert-OH is 2. The van der Waals surface area contributed by atoms with E-state index in [1.54, 1.807) is 0 Å². The molecule has 1 aromatic rings. The zero-order valence-corrected chi connectivity index (χ0v) is 12.4. The minimum atomic E-state index is -5.13. The number of aliphatic hydroxyl groups is 2. The van der Waals surface area contributed by atoms with E-state index in [0.29, 0.717) is 4.57 Å². The van der Waals surface area contributed by atoms with Crippen molar-refractivity contribution < 1.29 is 39.6 Å². The molecule has 0 aliphatic carbocycles. The first-order chi connectivity index (χ1) is 10.8. The van der Waals surface area contributed by atoms with Gasteiger partial charge in [0.1, 0.15) is 18.8 Å². The summed E-state index contributed by atoms with van der Waals surface area (Å²) in [5.41, 5.74) is -2.09. The molecule has 1 fully saturated rings. The molecule has 2 rings (SSSR count). The Hall–Kier alpha value is -1.40. The molecule has 0 unspecified atom stereocenters. The van der Waals surface area contributed by atoms with Gasteiger partial charge in [-0.25, -0.2) is 13.8 Å². The quantitative estimate of drug-likeness (QED) is 0.377. The molecule has 1 saturated heterocycles. The van der Waals surface area contributed by atoms with Crippen LogP contribution in [0.2, 0.25) is 0 Å². The first-order valence-corrected chi connectivity index (χ1v) is 7.61. The molecule has 1 aliphatic rings. The third kappa shape index (κ3) is 3.58. The molecule has 1 aromatic heterocycles. The van der Waals surface area contributed by atoms with Gasteiger partial charge in [-0.3, -0.25) is 18.9 Å². The highest BCUT2D eigenvalue weighted by Gasteiger charge is 2.57. The van der Waals surface area contributed by atoms with Gasteiger partial charge in [-0.2, -0.15) is 0 Å². The van der Waals surface area contributed by atoms with E-state index in [0.717, 1.165) is 6.20 Å². The Labute approximate surface area is 128 Å². The van der Waals surface area contributed by atoms with Crippen LogP contribution in [0.25, 0.3) is 0 Å². The van der Waals surface area contributed by atoms with Crippen LogP contribution in [0, 0.1) is 6.92 Å². The SMILES string of the molecule is [2H][C@@]1(n2cc(C)c(=O)[nH]c2=O)O[C@](F)(COP(=O)(O)O)[C@@H](O)[C@H]1O. The lowest BCUT2D eigenvalue weighted by Gasteiger charge is -2.22. The summed E-state index contributed by atoms with van der Waals surface area (Å²) in [5.74, 6) is -3.40. The number of halogens is 1. The Balaban J connectivity index is 2.45. The van der Waals surface area contributed by atoms with E-state index in [1.807, 2.05) is 4.98 Å². The van der Waals surface area contributed by atoms with Crippen LogP contribution in [0.5, 0.6) is 0 Å². The van der Waals surface area contributed by atoms with Crippen molar-refractivity contribution in [2.75, 3.05) is 6.61 Å². The molecule has 130 valence electrons. The van der Waals surface area contributed by atoms with Crippen LogP contribution < -0.4 is 11.2 Å². The highest BCUT2D eigenvalue weighted by Crippen LogP contribution is 2.43. The number of ether oxygens (including phenoxy) is 1. The van der Waals surface area contributed by atoms with E-state index in [9.17, 15) is 28.8 Å². The molecule has 5 N–H and O–H groups in total. The number of hydrogen-bond donors (Lipinski definition) is 5. The number of H-pyrrole nitrogens is 1. The minimum absolute atomic E-state index is 0.0747. The molecule has 11 nitrogen and oxygen atoms in total. The largest absolute Gasteiger partial charge is 0.469 e. The molecule has 0 saturated carbocycles. The Morgan fingerprint density at radius 3 is 2.74 bits per heavy atom. The van der Waals surface area contributed by atoms with Gasteiger partial charge in [0.15, 0.2) is 6.20 Å². The second kappa shape index (κ2) is 5.91. The van der Waals surface area contributed by atoms with Crippen LogP contribution in [0.4, 0.5) is 4.39 Å². The second-order valence-corrected chi connectivity index (χ2v) is 6.06. The van der Waals surface area contributed by atoms with Gasteiger partial charge in [0.2, 0.25) is 0 Å². The van der Waals surface area contributed by atoms with Crippen molar-refractivity contribution in [3.8, 4) is 0 Å². The zero-order chi connectivity index (χ0) is 18.5. The van der Waals surface area contributed by atoms with Gasteiger partial charge < -0.3 is 24.7 Å². The van der Waals surface area contributed by atoms with Crippen LogP contribution in [-0.4, -0.2) is 54.2 Å². The molecular formula is C10H14FN2O9P. The predicted octanol–water partition coefficient (Wildman–Crippen LogP) is -2.13. The Morgan fingerprint density at radius 2 is 2.17 bits per heavy atom. The minimum Gasteiger partial charge on any atom is -0.385 e. The fourth-order valence-electron chi connectivity index (χ4n) is 1.87. The number of hydrogen-bond acceptors (Lipinski definition) is 7. The molecule has 2 heterocycles. The van der Waals surface area contributed by atoms with E-state index >= 15 is 0 Å². The number of nitrogens with zero attached hydrogens (tertiary/aromatic N) is 1. The molecule has 0 bridgehead atoms. The van der Waals surface area contributed by atoms with Gasteiger partial charge in [0.25, 0.3) is 11.4 Å². The van der Waals surface area contributed by atoms with Crippen molar-refractivity contribution in [3.63, 3.8) is 0 Å². The fourth-order valence-corrected chi connectivity index (χ4v) is 2.22. The highest BCUT2D eigenvalue weighted by atomic mass is 31.2. The maximum absolute atomic E-state index is 14.6. The number of aromatic amines is 1. The molecular weight excluding hydrogens is 342 g/mol. The van der Waals surface area contributed by atoms with Crippen molar-refractivity contribution in [2.45, 2.75) is 31.2 Å². The molecule has 23 heavy (non-hydrogen) atoms. The summed E-state index contributed by atoms with van der Waals surface area (Å²) in [4.78, 5) is 42.1. The van der Waals surface area contributed by atoms with E-state index in [-0.39, 0.29) is 5.56 Å². The van der Waals surface area contributed by atoms with Gasteiger partial charge in [0.05, 0.1) is 1.37 Å². The Bertz CT molecular complexity index is 808. The number of phosphoric ester groups is 1. The summed E-state index contributed by atoms with van der Waals surface area (Å²) < 4.78 is 42.0. The third-order valence-corrected chi connectivity index (χ3v) is 3.52. The summed E-state index contributed by atoms with van der Waals surface area (Å²) in [6, 6.07) is 0. The number of nitrogens with one attached hydrogen (secondary N) is 1. The van der Waals surface area contributed by atoms with Crippen molar-refractivity contribution in [1.82, 2.24) is 9.55 Å². The van der Waals surface area contributed by atoms with Gasteiger partial charge in [0, 0.05) is 11.8 Å². The molecule has 0 amide bonds. The third-order valence-electron chi connectivity index (χ3n) is 3.06. The van der Waals surface area contributed by atoms with E-state index in [4.69, 9.17) is 11.2 Å².